The summed E-state index contributed by atoms with van der Waals surface area (Å²) in [5.74, 6) is 0.408. The number of ether oxygens (including phenoxy) is 1. The van der Waals surface area contributed by atoms with Crippen LogP contribution in [-0.2, 0) is 20.7 Å². The topological polar surface area (TPSA) is 62.7 Å². The zero-order chi connectivity index (χ0) is 19.6. The second kappa shape index (κ2) is 7.82. The van der Waals surface area contributed by atoms with E-state index < -0.39 is 5.60 Å². The van der Waals surface area contributed by atoms with E-state index in [1.807, 2.05) is 34.9 Å². The fourth-order valence-electron chi connectivity index (χ4n) is 4.98. The van der Waals surface area contributed by atoms with Gasteiger partial charge < -0.3 is 14.5 Å². The van der Waals surface area contributed by atoms with Gasteiger partial charge in [0, 0.05) is 57.5 Å². The molecule has 4 heterocycles. The maximum absolute atomic E-state index is 12.9. The van der Waals surface area contributed by atoms with Crippen molar-refractivity contribution in [3.63, 3.8) is 0 Å². The van der Waals surface area contributed by atoms with Crippen molar-refractivity contribution in [2.75, 3.05) is 32.8 Å². The number of amides is 2. The number of hydrogen-bond donors (Lipinski definition) is 0. The lowest BCUT2D eigenvalue weighted by atomic mass is 9.72. The van der Waals surface area contributed by atoms with Gasteiger partial charge in [0.15, 0.2) is 0 Å². The smallest absolute Gasteiger partial charge is 0.254 e. The summed E-state index contributed by atoms with van der Waals surface area (Å²) in [6.45, 7) is 5.72. The lowest BCUT2D eigenvalue weighted by Crippen LogP contribution is -2.55. The van der Waals surface area contributed by atoms with Crippen molar-refractivity contribution in [3.8, 4) is 0 Å². The maximum atomic E-state index is 12.9. The number of hydrogen-bond acceptors (Lipinski definition) is 4. The molecule has 1 aromatic rings. The molecule has 4 rings (SSSR count). The molecule has 3 aliphatic rings. The molecule has 3 fully saturated rings. The zero-order valence-electron chi connectivity index (χ0n) is 16.9. The summed E-state index contributed by atoms with van der Waals surface area (Å²) in [6.07, 6.45) is 7.90. The molecule has 2 amide bonds. The van der Waals surface area contributed by atoms with Crippen LogP contribution in [0.2, 0.25) is 0 Å². The van der Waals surface area contributed by atoms with Crippen molar-refractivity contribution in [2.45, 2.75) is 57.5 Å². The molecule has 0 bridgehead atoms. The van der Waals surface area contributed by atoms with Crippen LogP contribution >= 0.6 is 0 Å². The highest BCUT2D eigenvalue weighted by Gasteiger charge is 2.45. The number of rotatable bonds is 4. The first kappa shape index (κ1) is 19.4. The van der Waals surface area contributed by atoms with E-state index in [9.17, 15) is 9.59 Å². The lowest BCUT2D eigenvalue weighted by molar-refractivity contribution is -0.155. The molecule has 0 radical (unpaired) electrons. The third-order valence-corrected chi connectivity index (χ3v) is 6.89. The largest absolute Gasteiger partial charge is 0.365 e. The Morgan fingerprint density at radius 1 is 1.21 bits per heavy atom. The summed E-state index contributed by atoms with van der Waals surface area (Å²) < 4.78 is 5.75. The molecule has 6 nitrogen and oxygen atoms in total. The van der Waals surface area contributed by atoms with Gasteiger partial charge in [0.05, 0.1) is 0 Å². The molecular weight excluding hydrogens is 354 g/mol. The quantitative estimate of drug-likeness (QED) is 0.799. The SMILES string of the molecule is C[C@@]1(C(=O)N2CCC3(CCC(=O)N(CCc4ccccn4)C3)CC2)CCCO1. The molecule has 0 saturated carbocycles. The zero-order valence-corrected chi connectivity index (χ0v) is 16.9. The summed E-state index contributed by atoms with van der Waals surface area (Å²) in [5, 5.41) is 0. The van der Waals surface area contributed by atoms with Gasteiger partial charge in [-0.3, -0.25) is 14.6 Å². The Bertz CT molecular complexity index is 707. The van der Waals surface area contributed by atoms with Crippen LogP contribution in [0, 0.1) is 5.41 Å². The normalized spacial score (nSPS) is 27.4. The number of piperidine rings is 2. The van der Waals surface area contributed by atoms with Crippen LogP contribution in [0.5, 0.6) is 0 Å². The summed E-state index contributed by atoms with van der Waals surface area (Å²) >= 11 is 0. The van der Waals surface area contributed by atoms with Crippen LogP contribution < -0.4 is 0 Å². The molecule has 0 unspecified atom stereocenters. The molecule has 0 aromatic carbocycles. The fraction of sp³-hybridized carbons (Fsp3) is 0.682. The van der Waals surface area contributed by atoms with Crippen molar-refractivity contribution in [1.82, 2.24) is 14.8 Å². The van der Waals surface area contributed by atoms with E-state index in [4.69, 9.17) is 4.74 Å². The van der Waals surface area contributed by atoms with Crippen LogP contribution in [0.25, 0.3) is 0 Å². The van der Waals surface area contributed by atoms with E-state index in [1.54, 1.807) is 6.20 Å². The van der Waals surface area contributed by atoms with Crippen LogP contribution in [0.15, 0.2) is 24.4 Å². The second-order valence-corrected chi connectivity index (χ2v) is 8.86. The molecular formula is C22H31N3O3. The minimum Gasteiger partial charge on any atom is -0.365 e. The highest BCUT2D eigenvalue weighted by Crippen LogP contribution is 2.41. The average Bonchev–Trinajstić information content (AvgIpc) is 3.17. The number of carbonyl (C=O) groups excluding carboxylic acids is 2. The van der Waals surface area contributed by atoms with Gasteiger partial charge in [-0.15, -0.1) is 0 Å². The van der Waals surface area contributed by atoms with Crippen LogP contribution in [0.4, 0.5) is 0 Å². The summed E-state index contributed by atoms with van der Waals surface area (Å²) in [5.41, 5.74) is 0.564. The third kappa shape index (κ3) is 3.93. The van der Waals surface area contributed by atoms with Gasteiger partial charge >= 0.3 is 0 Å². The van der Waals surface area contributed by atoms with Gasteiger partial charge in [-0.25, -0.2) is 0 Å². The predicted octanol–water partition coefficient (Wildman–Crippen LogP) is 2.42. The lowest BCUT2D eigenvalue weighted by Gasteiger charge is -2.48. The van der Waals surface area contributed by atoms with Gasteiger partial charge in [-0.05, 0) is 56.6 Å². The predicted molar refractivity (Wildman–Crippen MR) is 106 cm³/mol. The standard InChI is InChI=1S/C22H31N3O3/c1-21(8-4-16-28-21)20(27)24-14-10-22(11-15-24)9-6-19(26)25(17-22)13-7-18-5-2-3-12-23-18/h2-3,5,12H,4,6-11,13-17H2,1H3/t21-/m0/s1. The Morgan fingerprint density at radius 3 is 2.71 bits per heavy atom. The van der Waals surface area contributed by atoms with Crippen molar-refractivity contribution in [1.29, 1.82) is 0 Å². The first-order valence-corrected chi connectivity index (χ1v) is 10.6. The molecule has 28 heavy (non-hydrogen) atoms. The minimum atomic E-state index is -0.623. The Balaban J connectivity index is 1.34. The van der Waals surface area contributed by atoms with E-state index in [2.05, 4.69) is 4.98 Å². The van der Waals surface area contributed by atoms with Crippen molar-refractivity contribution in [3.05, 3.63) is 30.1 Å². The van der Waals surface area contributed by atoms with Crippen molar-refractivity contribution >= 4 is 11.8 Å². The monoisotopic (exact) mass is 385 g/mol. The number of aromatic nitrogens is 1. The summed E-state index contributed by atoms with van der Waals surface area (Å²) in [6, 6.07) is 5.92. The van der Waals surface area contributed by atoms with Crippen molar-refractivity contribution in [2.24, 2.45) is 5.41 Å². The van der Waals surface area contributed by atoms with Gasteiger partial charge in [0.1, 0.15) is 5.60 Å². The third-order valence-electron chi connectivity index (χ3n) is 6.89. The first-order valence-electron chi connectivity index (χ1n) is 10.6. The molecule has 0 N–H and O–H groups in total. The Morgan fingerprint density at radius 2 is 2.04 bits per heavy atom. The number of pyridine rings is 1. The van der Waals surface area contributed by atoms with Crippen LogP contribution in [0.1, 0.15) is 51.1 Å². The molecule has 1 aromatic heterocycles. The van der Waals surface area contributed by atoms with E-state index in [1.165, 1.54) is 0 Å². The average molecular weight is 386 g/mol. The maximum Gasteiger partial charge on any atom is 0.254 e. The van der Waals surface area contributed by atoms with Gasteiger partial charge in [-0.1, -0.05) is 6.07 Å². The molecule has 1 atom stereocenters. The van der Waals surface area contributed by atoms with Crippen molar-refractivity contribution < 1.29 is 14.3 Å². The van der Waals surface area contributed by atoms with E-state index in [0.29, 0.717) is 13.0 Å². The number of carbonyl (C=O) groups is 2. The van der Waals surface area contributed by atoms with Crippen LogP contribution in [-0.4, -0.2) is 65.0 Å². The summed E-state index contributed by atoms with van der Waals surface area (Å²) in [7, 11) is 0. The summed E-state index contributed by atoms with van der Waals surface area (Å²) in [4.78, 5) is 33.7. The minimum absolute atomic E-state index is 0.152. The van der Waals surface area contributed by atoms with E-state index in [-0.39, 0.29) is 17.2 Å². The molecule has 0 aliphatic carbocycles. The van der Waals surface area contributed by atoms with Gasteiger partial charge in [0.2, 0.25) is 5.91 Å². The second-order valence-electron chi connectivity index (χ2n) is 8.86. The highest BCUT2D eigenvalue weighted by molar-refractivity contribution is 5.85. The highest BCUT2D eigenvalue weighted by atomic mass is 16.5. The molecule has 152 valence electrons. The number of likely N-dealkylation sites (tertiary alicyclic amines) is 2. The van der Waals surface area contributed by atoms with Gasteiger partial charge in [0.25, 0.3) is 5.91 Å². The Kier molecular flexibility index (Phi) is 5.41. The Hall–Kier alpha value is -1.95. The fourth-order valence-corrected chi connectivity index (χ4v) is 4.98. The molecule has 1 spiro atoms. The molecule has 3 aliphatic heterocycles. The molecule has 3 saturated heterocycles. The van der Waals surface area contributed by atoms with Gasteiger partial charge in [-0.2, -0.15) is 0 Å². The van der Waals surface area contributed by atoms with E-state index >= 15 is 0 Å². The van der Waals surface area contributed by atoms with Crippen LogP contribution in [0.3, 0.4) is 0 Å². The van der Waals surface area contributed by atoms with E-state index in [0.717, 1.165) is 70.4 Å². The number of nitrogens with zero attached hydrogens (tertiary/aromatic N) is 3. The molecule has 6 heteroatoms. The first-order chi connectivity index (χ1) is 13.5. The Labute approximate surface area is 167 Å².